The molecule has 9 heteroatoms. The molecule has 1 aliphatic rings. The summed E-state index contributed by atoms with van der Waals surface area (Å²) in [6.45, 7) is 1.03. The number of aryl methyl sites for hydroxylation is 1. The molecule has 0 bridgehead atoms. The van der Waals surface area contributed by atoms with E-state index in [4.69, 9.17) is 5.73 Å². The Kier molecular flexibility index (Phi) is 4.40. The van der Waals surface area contributed by atoms with Crippen LogP contribution in [0.3, 0.4) is 0 Å². The highest BCUT2D eigenvalue weighted by atomic mass is 19.3. The fourth-order valence-corrected chi connectivity index (χ4v) is 2.72. The summed E-state index contributed by atoms with van der Waals surface area (Å²) in [4.78, 5) is 14.4. The highest BCUT2D eigenvalue weighted by molar-refractivity contribution is 5.65. The predicted molar refractivity (Wildman–Crippen MR) is 87.4 cm³/mol. The van der Waals surface area contributed by atoms with Gasteiger partial charge < -0.3 is 15.4 Å². The number of aromatic nitrogens is 3. The fraction of sp³-hybridized carbons (Fsp3) is 0.438. The number of nitrogens with two attached hydrogens (primary N) is 1. The molecule has 1 saturated heterocycles. The lowest BCUT2D eigenvalue weighted by molar-refractivity contribution is -0.0494. The number of anilines is 2. The molecule has 134 valence electrons. The van der Waals surface area contributed by atoms with Crippen LogP contribution >= 0.6 is 0 Å². The molecule has 0 radical (unpaired) electrons. The molecule has 3 rings (SSSR count). The molecule has 1 atom stereocenters. The van der Waals surface area contributed by atoms with Gasteiger partial charge in [0, 0.05) is 30.4 Å². The Balaban J connectivity index is 1.95. The Morgan fingerprint density at radius 3 is 2.72 bits per heavy atom. The van der Waals surface area contributed by atoms with Gasteiger partial charge in [-0.1, -0.05) is 0 Å². The molecule has 0 spiro atoms. The average molecular weight is 353 g/mol. The quantitative estimate of drug-likeness (QED) is 0.911. The van der Waals surface area contributed by atoms with E-state index in [1.807, 2.05) is 0 Å². The normalized spacial score (nSPS) is 20.3. The Morgan fingerprint density at radius 2 is 2.08 bits per heavy atom. The molecule has 0 amide bonds. The van der Waals surface area contributed by atoms with Crippen molar-refractivity contribution in [3.8, 4) is 17.0 Å². The number of nitrogens with zero attached hydrogens (tertiary/aromatic N) is 4. The summed E-state index contributed by atoms with van der Waals surface area (Å²) < 4.78 is 43.4. The second-order valence-corrected chi connectivity index (χ2v) is 6.27. The lowest BCUT2D eigenvalue weighted by Crippen LogP contribution is -2.27. The minimum atomic E-state index is -3.01. The molecule has 6 nitrogen and oxygen atoms in total. The number of nitrogen functional groups attached to an aromatic ring is 1. The van der Waals surface area contributed by atoms with Crippen LogP contribution in [-0.4, -0.2) is 40.3 Å². The lowest BCUT2D eigenvalue weighted by Gasteiger charge is -2.18. The first kappa shape index (κ1) is 17.2. The van der Waals surface area contributed by atoms with Gasteiger partial charge in [-0.2, -0.15) is 8.78 Å². The van der Waals surface area contributed by atoms with Crippen molar-refractivity contribution >= 4 is 11.8 Å². The molecule has 0 aliphatic carbocycles. The van der Waals surface area contributed by atoms with Crippen LogP contribution < -0.4 is 15.4 Å². The minimum Gasteiger partial charge on any atom is -0.431 e. The van der Waals surface area contributed by atoms with Crippen molar-refractivity contribution in [1.29, 1.82) is 0 Å². The van der Waals surface area contributed by atoms with Crippen molar-refractivity contribution in [3.05, 3.63) is 24.0 Å². The first-order valence-corrected chi connectivity index (χ1v) is 7.74. The Morgan fingerprint density at radius 1 is 1.32 bits per heavy atom. The van der Waals surface area contributed by atoms with Gasteiger partial charge in [-0.3, -0.25) is 0 Å². The Bertz CT molecular complexity index is 784. The van der Waals surface area contributed by atoms with E-state index in [9.17, 15) is 13.2 Å². The van der Waals surface area contributed by atoms with Gasteiger partial charge in [0.1, 0.15) is 5.67 Å². The molecular weight excluding hydrogens is 335 g/mol. The zero-order chi connectivity index (χ0) is 18.2. The molecule has 0 saturated carbocycles. The van der Waals surface area contributed by atoms with E-state index in [1.165, 1.54) is 12.3 Å². The number of alkyl halides is 3. The maximum absolute atomic E-state index is 14.1. The number of pyridine rings is 1. The van der Waals surface area contributed by atoms with Gasteiger partial charge in [-0.25, -0.2) is 19.3 Å². The Hall–Kier alpha value is -2.58. The van der Waals surface area contributed by atoms with E-state index in [1.54, 1.807) is 24.8 Å². The van der Waals surface area contributed by atoms with Crippen LogP contribution in [0.4, 0.5) is 24.9 Å². The van der Waals surface area contributed by atoms with Gasteiger partial charge in [0.2, 0.25) is 5.95 Å². The summed E-state index contributed by atoms with van der Waals surface area (Å²) >= 11 is 0. The zero-order valence-electron chi connectivity index (χ0n) is 13.8. The topological polar surface area (TPSA) is 77.2 Å². The van der Waals surface area contributed by atoms with Gasteiger partial charge in [-0.05, 0) is 26.0 Å². The molecule has 0 unspecified atom stereocenters. The summed E-state index contributed by atoms with van der Waals surface area (Å²) in [6, 6.07) is 3.04. The molecular formula is C16H18F3N5O. The van der Waals surface area contributed by atoms with Crippen LogP contribution in [0.5, 0.6) is 5.75 Å². The largest absolute Gasteiger partial charge is 0.431 e. The molecule has 2 N–H and O–H groups in total. The third kappa shape index (κ3) is 3.92. The van der Waals surface area contributed by atoms with Crippen LogP contribution in [0, 0.1) is 6.92 Å². The maximum Gasteiger partial charge on any atom is 0.387 e. The molecule has 2 aromatic rings. The molecule has 25 heavy (non-hydrogen) atoms. The minimum absolute atomic E-state index is 0.136. The monoisotopic (exact) mass is 353 g/mol. The van der Waals surface area contributed by atoms with E-state index >= 15 is 0 Å². The van der Waals surface area contributed by atoms with Gasteiger partial charge in [0.05, 0.1) is 12.2 Å². The van der Waals surface area contributed by atoms with Crippen molar-refractivity contribution in [1.82, 2.24) is 15.0 Å². The predicted octanol–water partition coefficient (Wildman–Crippen LogP) is 2.97. The number of hydrogen-bond acceptors (Lipinski definition) is 6. The number of ether oxygens (including phenoxy) is 1. The Labute approximate surface area is 142 Å². The smallest absolute Gasteiger partial charge is 0.387 e. The van der Waals surface area contributed by atoms with Gasteiger partial charge >= 0.3 is 6.61 Å². The number of halogens is 3. The highest BCUT2D eigenvalue weighted by Gasteiger charge is 2.35. The maximum atomic E-state index is 14.1. The summed E-state index contributed by atoms with van der Waals surface area (Å²) in [7, 11) is 0. The lowest BCUT2D eigenvalue weighted by atomic mass is 10.1. The van der Waals surface area contributed by atoms with Gasteiger partial charge in [-0.15, -0.1) is 0 Å². The van der Waals surface area contributed by atoms with Gasteiger partial charge in [0.25, 0.3) is 0 Å². The molecule has 2 aromatic heterocycles. The summed E-state index contributed by atoms with van der Waals surface area (Å²) in [5, 5.41) is 0. The second-order valence-electron chi connectivity index (χ2n) is 6.27. The average Bonchev–Trinajstić information content (AvgIpc) is 2.88. The zero-order valence-corrected chi connectivity index (χ0v) is 13.8. The van der Waals surface area contributed by atoms with Crippen LogP contribution in [0.15, 0.2) is 18.3 Å². The van der Waals surface area contributed by atoms with Crippen LogP contribution in [0.25, 0.3) is 11.3 Å². The SMILES string of the molecule is Cc1cc(-c2cnc(N)c(OC(F)F)c2)nc(N2CC[C@@](C)(F)C2)n1. The second kappa shape index (κ2) is 6.38. The fourth-order valence-electron chi connectivity index (χ4n) is 2.72. The summed E-state index contributed by atoms with van der Waals surface area (Å²) in [6.07, 6.45) is 1.82. The van der Waals surface area contributed by atoms with Crippen molar-refractivity contribution in [2.45, 2.75) is 32.5 Å². The van der Waals surface area contributed by atoms with Crippen LogP contribution in [0.1, 0.15) is 19.0 Å². The van der Waals surface area contributed by atoms with E-state index in [0.717, 1.165) is 0 Å². The molecule has 1 fully saturated rings. The van der Waals surface area contributed by atoms with E-state index in [-0.39, 0.29) is 18.1 Å². The first-order valence-electron chi connectivity index (χ1n) is 7.74. The molecule has 1 aliphatic heterocycles. The summed E-state index contributed by atoms with van der Waals surface area (Å²) in [5.74, 6) is 0.0372. The van der Waals surface area contributed by atoms with Crippen molar-refractivity contribution < 1.29 is 17.9 Å². The highest BCUT2D eigenvalue weighted by Crippen LogP contribution is 2.31. The molecule has 0 aromatic carbocycles. The molecule has 3 heterocycles. The van der Waals surface area contributed by atoms with Gasteiger partial charge in [0.15, 0.2) is 11.6 Å². The third-order valence-electron chi connectivity index (χ3n) is 3.94. The van der Waals surface area contributed by atoms with E-state index in [2.05, 4.69) is 19.7 Å². The third-order valence-corrected chi connectivity index (χ3v) is 3.94. The number of rotatable bonds is 4. The van der Waals surface area contributed by atoms with Crippen molar-refractivity contribution in [3.63, 3.8) is 0 Å². The standard InChI is InChI=1S/C16H18F3N5O/c1-9-5-11(10-6-12(25-14(17)18)13(20)21-7-10)23-15(22-9)24-4-3-16(2,19)8-24/h5-7,14H,3-4,8H2,1-2H3,(H2,20,21)/t16-/m1/s1. The van der Waals surface area contributed by atoms with Crippen LogP contribution in [0.2, 0.25) is 0 Å². The van der Waals surface area contributed by atoms with E-state index in [0.29, 0.717) is 35.9 Å². The summed E-state index contributed by atoms with van der Waals surface area (Å²) in [5.41, 5.74) is 5.87. The van der Waals surface area contributed by atoms with Crippen LogP contribution in [-0.2, 0) is 0 Å². The van der Waals surface area contributed by atoms with Crippen molar-refractivity contribution in [2.24, 2.45) is 0 Å². The first-order chi connectivity index (χ1) is 11.7. The number of hydrogen-bond donors (Lipinski definition) is 1. The van der Waals surface area contributed by atoms with E-state index < -0.39 is 12.3 Å². The van der Waals surface area contributed by atoms with Crippen molar-refractivity contribution in [2.75, 3.05) is 23.7 Å².